The second-order valence-corrected chi connectivity index (χ2v) is 2.42. The first kappa shape index (κ1) is 10.0. The van der Waals surface area contributed by atoms with Crippen molar-refractivity contribution in [3.63, 3.8) is 0 Å². The predicted molar refractivity (Wildman–Crippen MR) is 51.0 cm³/mol. The highest BCUT2D eigenvalue weighted by Crippen LogP contribution is 2.04. The number of nitrogens with one attached hydrogen (secondary N) is 2. The summed E-state index contributed by atoms with van der Waals surface area (Å²) in [6, 6.07) is 8.70. The largest absolute Gasteiger partial charge is 0.420 e. The lowest BCUT2D eigenvalue weighted by atomic mass is 10.3. The number of ether oxygens (including phenoxy) is 1. The highest BCUT2D eigenvalue weighted by molar-refractivity contribution is 5.92. The Morgan fingerprint density at radius 3 is 2.36 bits per heavy atom. The van der Waals surface area contributed by atoms with Crippen LogP contribution in [-0.2, 0) is 4.74 Å². The zero-order valence-electron chi connectivity index (χ0n) is 7.61. The molecule has 1 aromatic rings. The fourth-order valence-corrected chi connectivity index (χ4v) is 0.800. The lowest BCUT2D eigenvalue weighted by Gasteiger charge is -2.03. The summed E-state index contributed by atoms with van der Waals surface area (Å²) in [5.74, 6) is 0. The number of carbonyl (C=O) groups excluding carboxylic acids is 2. The maximum Gasteiger partial charge on any atom is 0.420 e. The van der Waals surface area contributed by atoms with Gasteiger partial charge in [-0.3, -0.25) is 5.32 Å². The molecule has 74 valence electrons. The van der Waals surface area contributed by atoms with Gasteiger partial charge in [-0.15, -0.1) is 0 Å². The molecule has 0 spiro atoms. The van der Waals surface area contributed by atoms with Gasteiger partial charge in [-0.05, 0) is 12.1 Å². The van der Waals surface area contributed by atoms with Crippen LogP contribution < -0.4 is 10.6 Å². The smallest absolute Gasteiger partial charge is 0.359 e. The van der Waals surface area contributed by atoms with Crippen molar-refractivity contribution < 1.29 is 14.3 Å². The number of benzene rings is 1. The summed E-state index contributed by atoms with van der Waals surface area (Å²) in [5.41, 5.74) is 0.571. The van der Waals surface area contributed by atoms with E-state index in [2.05, 4.69) is 15.4 Å². The fraction of sp³-hybridized carbons (Fsp3) is 0.111. The third-order valence-corrected chi connectivity index (χ3v) is 1.41. The molecule has 0 saturated heterocycles. The van der Waals surface area contributed by atoms with Gasteiger partial charge in [0, 0.05) is 12.7 Å². The van der Waals surface area contributed by atoms with Gasteiger partial charge in [-0.1, -0.05) is 18.2 Å². The molecule has 0 radical (unpaired) electrons. The highest BCUT2D eigenvalue weighted by Gasteiger charge is 2.07. The molecule has 2 N–H and O–H groups in total. The Labute approximate surface area is 81.1 Å². The lowest BCUT2D eigenvalue weighted by molar-refractivity contribution is 0.161. The van der Waals surface area contributed by atoms with Gasteiger partial charge in [0.25, 0.3) is 0 Å². The van der Waals surface area contributed by atoms with Crippen molar-refractivity contribution in [2.75, 3.05) is 12.4 Å². The molecule has 0 saturated carbocycles. The van der Waals surface area contributed by atoms with E-state index in [9.17, 15) is 9.59 Å². The third-order valence-electron chi connectivity index (χ3n) is 1.41. The molecular formula is C9H10N2O3. The molecule has 5 nitrogen and oxygen atoms in total. The van der Waals surface area contributed by atoms with Crippen LogP contribution in [0.2, 0.25) is 0 Å². The van der Waals surface area contributed by atoms with Crippen molar-refractivity contribution in [2.45, 2.75) is 0 Å². The Balaban J connectivity index is 2.46. The van der Waals surface area contributed by atoms with E-state index in [1.54, 1.807) is 24.3 Å². The molecule has 2 amide bonds. The van der Waals surface area contributed by atoms with Gasteiger partial charge in [0.2, 0.25) is 0 Å². The van der Waals surface area contributed by atoms with Crippen LogP contribution >= 0.6 is 0 Å². The van der Waals surface area contributed by atoms with E-state index in [-0.39, 0.29) is 0 Å². The molecule has 0 aliphatic heterocycles. The van der Waals surface area contributed by atoms with Gasteiger partial charge in [-0.2, -0.15) is 0 Å². The maximum absolute atomic E-state index is 11.0. The summed E-state index contributed by atoms with van der Waals surface area (Å²) >= 11 is 0. The molecule has 5 heteroatoms. The second kappa shape index (κ2) is 4.86. The van der Waals surface area contributed by atoms with Crippen molar-refractivity contribution in [2.24, 2.45) is 0 Å². The van der Waals surface area contributed by atoms with Gasteiger partial charge in [0.1, 0.15) is 0 Å². The minimum Gasteiger partial charge on any atom is -0.359 e. The maximum atomic E-state index is 11.0. The monoisotopic (exact) mass is 194 g/mol. The number of alkyl carbamates (subject to hydrolysis) is 1. The van der Waals surface area contributed by atoms with E-state index in [0.29, 0.717) is 5.69 Å². The van der Waals surface area contributed by atoms with Crippen LogP contribution in [0.3, 0.4) is 0 Å². The molecule has 0 bridgehead atoms. The van der Waals surface area contributed by atoms with E-state index in [1.807, 2.05) is 6.07 Å². The summed E-state index contributed by atoms with van der Waals surface area (Å²) in [6.07, 6.45) is -1.60. The molecule has 0 aliphatic carbocycles. The van der Waals surface area contributed by atoms with Crippen LogP contribution in [-0.4, -0.2) is 19.2 Å². The molecular weight excluding hydrogens is 184 g/mol. The molecule has 0 heterocycles. The van der Waals surface area contributed by atoms with E-state index in [1.165, 1.54) is 7.05 Å². The van der Waals surface area contributed by atoms with Crippen LogP contribution in [0.25, 0.3) is 0 Å². The minimum absolute atomic E-state index is 0.571. The third kappa shape index (κ3) is 3.14. The van der Waals surface area contributed by atoms with Crippen molar-refractivity contribution in [1.82, 2.24) is 5.32 Å². The Kier molecular flexibility index (Phi) is 3.49. The van der Waals surface area contributed by atoms with Gasteiger partial charge in [-0.25, -0.2) is 9.59 Å². The lowest BCUT2D eigenvalue weighted by Crippen LogP contribution is -2.25. The molecule has 0 aliphatic rings. The first-order valence-electron chi connectivity index (χ1n) is 3.98. The number of carbonyl (C=O) groups is 2. The quantitative estimate of drug-likeness (QED) is 0.667. The first-order valence-corrected chi connectivity index (χ1v) is 3.98. The Hall–Kier alpha value is -2.04. The molecule has 1 aromatic carbocycles. The average molecular weight is 194 g/mol. The summed E-state index contributed by atoms with van der Waals surface area (Å²) in [5, 5.41) is 4.54. The zero-order chi connectivity index (χ0) is 10.4. The van der Waals surface area contributed by atoms with E-state index < -0.39 is 12.2 Å². The number of hydrogen-bond donors (Lipinski definition) is 2. The summed E-state index contributed by atoms with van der Waals surface area (Å²) in [7, 11) is 1.37. The topological polar surface area (TPSA) is 67.4 Å². The Morgan fingerprint density at radius 2 is 1.79 bits per heavy atom. The van der Waals surface area contributed by atoms with Gasteiger partial charge in [0.05, 0.1) is 0 Å². The van der Waals surface area contributed by atoms with E-state index >= 15 is 0 Å². The molecule has 0 aromatic heterocycles. The number of anilines is 1. The molecule has 14 heavy (non-hydrogen) atoms. The molecule has 0 fully saturated rings. The summed E-state index contributed by atoms with van der Waals surface area (Å²) < 4.78 is 4.30. The number of amides is 2. The van der Waals surface area contributed by atoms with Gasteiger partial charge >= 0.3 is 12.2 Å². The van der Waals surface area contributed by atoms with E-state index in [4.69, 9.17) is 0 Å². The van der Waals surface area contributed by atoms with Crippen molar-refractivity contribution >= 4 is 17.9 Å². The second-order valence-electron chi connectivity index (χ2n) is 2.42. The zero-order valence-corrected chi connectivity index (χ0v) is 7.61. The fourth-order valence-electron chi connectivity index (χ4n) is 0.800. The summed E-state index contributed by atoms with van der Waals surface area (Å²) in [6.45, 7) is 0. The first-order chi connectivity index (χ1) is 6.72. The van der Waals surface area contributed by atoms with Crippen LogP contribution in [0.5, 0.6) is 0 Å². The van der Waals surface area contributed by atoms with Crippen LogP contribution in [0.1, 0.15) is 0 Å². The molecule has 1 rings (SSSR count). The normalized spacial score (nSPS) is 8.93. The van der Waals surface area contributed by atoms with Crippen LogP contribution in [0.4, 0.5) is 15.3 Å². The SMILES string of the molecule is CNC(=O)OC(=O)Nc1ccccc1. The Morgan fingerprint density at radius 1 is 1.14 bits per heavy atom. The Bertz CT molecular complexity index is 324. The van der Waals surface area contributed by atoms with Crippen molar-refractivity contribution in [3.8, 4) is 0 Å². The summed E-state index contributed by atoms with van der Waals surface area (Å²) in [4.78, 5) is 21.6. The average Bonchev–Trinajstić information content (AvgIpc) is 2.19. The standard InChI is InChI=1S/C9H10N2O3/c1-10-8(12)14-9(13)11-7-5-3-2-4-6-7/h2-6H,1H3,(H,10,12)(H,11,13). The predicted octanol–water partition coefficient (Wildman–Crippen LogP) is 1.57. The van der Waals surface area contributed by atoms with Crippen molar-refractivity contribution in [3.05, 3.63) is 30.3 Å². The molecule has 0 atom stereocenters. The van der Waals surface area contributed by atoms with Crippen LogP contribution in [0.15, 0.2) is 30.3 Å². The van der Waals surface area contributed by atoms with Gasteiger partial charge < -0.3 is 10.1 Å². The minimum atomic E-state index is -0.810. The van der Waals surface area contributed by atoms with Crippen LogP contribution in [0, 0.1) is 0 Å². The number of hydrogen-bond acceptors (Lipinski definition) is 3. The van der Waals surface area contributed by atoms with Crippen molar-refractivity contribution in [1.29, 1.82) is 0 Å². The van der Waals surface area contributed by atoms with E-state index in [0.717, 1.165) is 0 Å². The number of para-hydroxylation sites is 1. The number of rotatable bonds is 1. The highest BCUT2D eigenvalue weighted by atomic mass is 16.6. The van der Waals surface area contributed by atoms with Gasteiger partial charge in [0.15, 0.2) is 0 Å². The molecule has 0 unspecified atom stereocenters.